The number of rotatable bonds is 5. The number of quaternary nitrogens is 1. The third kappa shape index (κ3) is 9.99. The first-order valence-electron chi connectivity index (χ1n) is 4.43. The van der Waals surface area contributed by atoms with Crippen molar-refractivity contribution in [1.29, 1.82) is 0 Å². The van der Waals surface area contributed by atoms with Crippen molar-refractivity contribution in [3.05, 3.63) is 12.2 Å². The molecule has 0 aromatic carbocycles. The van der Waals surface area contributed by atoms with Gasteiger partial charge in [0.25, 0.3) is 0 Å². The monoisotopic (exact) mass is 223 g/mol. The van der Waals surface area contributed by atoms with E-state index in [1.807, 2.05) is 28.1 Å². The van der Waals surface area contributed by atoms with E-state index in [0.29, 0.717) is 17.6 Å². The van der Waals surface area contributed by atoms with Gasteiger partial charge in [0.2, 0.25) is 5.79 Å². The minimum absolute atomic E-state index is 0. The second-order valence-electron chi connectivity index (χ2n) is 4.87. The molecule has 0 saturated heterocycles. The highest BCUT2D eigenvalue weighted by Gasteiger charge is 2.28. The van der Waals surface area contributed by atoms with Crippen molar-refractivity contribution in [3.8, 4) is 0 Å². The van der Waals surface area contributed by atoms with Crippen LogP contribution in [0.3, 0.4) is 0 Å². The number of ether oxygens (including phenoxy) is 1. The molecule has 0 spiro atoms. The number of likely N-dealkylation sites (N-methyl/N-ethyl adjacent to an activating group) is 1. The molecule has 3 nitrogen and oxygen atoms in total. The molecular weight excluding hydrogens is 202 g/mol. The molecule has 0 aliphatic rings. The number of aliphatic hydroxyl groups is 1. The third-order valence-corrected chi connectivity index (χ3v) is 1.40. The van der Waals surface area contributed by atoms with Gasteiger partial charge in [0.1, 0.15) is 6.54 Å². The van der Waals surface area contributed by atoms with Crippen LogP contribution in [0.1, 0.15) is 13.8 Å². The minimum atomic E-state index is -1.07. The fourth-order valence-electron chi connectivity index (χ4n) is 1.20. The first kappa shape index (κ1) is 16.3. The number of hydrogen-bond acceptors (Lipinski definition) is 2. The summed E-state index contributed by atoms with van der Waals surface area (Å²) in [5.41, 5.74) is 0.918. The molecule has 86 valence electrons. The van der Waals surface area contributed by atoms with Crippen LogP contribution in [-0.2, 0) is 4.74 Å². The number of hydrogen-bond donors (Lipinski definition) is 1. The summed E-state index contributed by atoms with van der Waals surface area (Å²) in [5.74, 6) is -1.07. The summed E-state index contributed by atoms with van der Waals surface area (Å²) in [6.45, 7) is 8.24. The summed E-state index contributed by atoms with van der Waals surface area (Å²) in [7, 11) is 6.04. The normalized spacial score (nSPS) is 15.6. The first-order chi connectivity index (χ1) is 5.62. The fourth-order valence-corrected chi connectivity index (χ4v) is 1.20. The van der Waals surface area contributed by atoms with Gasteiger partial charge in [-0.3, -0.25) is 0 Å². The molecule has 0 amide bonds. The van der Waals surface area contributed by atoms with Crippen molar-refractivity contribution >= 4 is 0 Å². The molecule has 14 heavy (non-hydrogen) atoms. The lowest BCUT2D eigenvalue weighted by Crippen LogP contribution is -3.00. The van der Waals surface area contributed by atoms with Crippen LogP contribution < -0.4 is 12.4 Å². The largest absolute Gasteiger partial charge is 1.00 e. The Kier molecular flexibility index (Phi) is 6.66. The van der Waals surface area contributed by atoms with Crippen molar-refractivity contribution in [3.63, 3.8) is 0 Å². The quantitative estimate of drug-likeness (QED) is 0.332. The van der Waals surface area contributed by atoms with Gasteiger partial charge in [0.05, 0.1) is 27.7 Å². The van der Waals surface area contributed by atoms with Crippen LogP contribution in [0.15, 0.2) is 12.2 Å². The van der Waals surface area contributed by atoms with Gasteiger partial charge in [0, 0.05) is 0 Å². The lowest BCUT2D eigenvalue weighted by molar-refractivity contribution is -0.880. The highest BCUT2D eigenvalue weighted by atomic mass is 35.5. The van der Waals surface area contributed by atoms with Crippen molar-refractivity contribution in [2.24, 2.45) is 0 Å². The predicted molar refractivity (Wildman–Crippen MR) is 54.3 cm³/mol. The van der Waals surface area contributed by atoms with Crippen LogP contribution >= 0.6 is 0 Å². The predicted octanol–water partition coefficient (Wildman–Crippen LogP) is -2.00. The molecule has 1 unspecified atom stereocenters. The zero-order chi connectivity index (χ0) is 10.7. The van der Waals surface area contributed by atoms with E-state index in [-0.39, 0.29) is 12.4 Å². The van der Waals surface area contributed by atoms with E-state index >= 15 is 0 Å². The van der Waals surface area contributed by atoms with Gasteiger partial charge in [-0.25, -0.2) is 0 Å². The van der Waals surface area contributed by atoms with E-state index < -0.39 is 5.79 Å². The van der Waals surface area contributed by atoms with Crippen molar-refractivity contribution in [2.75, 3.05) is 34.3 Å². The smallest absolute Gasteiger partial charge is 0.213 e. The highest BCUT2D eigenvalue weighted by molar-refractivity contribution is 4.88. The Morgan fingerprint density at radius 3 is 2.14 bits per heavy atom. The van der Waals surface area contributed by atoms with Crippen LogP contribution in [-0.4, -0.2) is 49.7 Å². The zero-order valence-corrected chi connectivity index (χ0v) is 10.6. The van der Waals surface area contributed by atoms with Crippen LogP contribution in [0.4, 0.5) is 0 Å². The van der Waals surface area contributed by atoms with E-state index in [1.54, 1.807) is 6.92 Å². The van der Waals surface area contributed by atoms with E-state index in [4.69, 9.17) is 4.74 Å². The average Bonchev–Trinajstić information content (AvgIpc) is 1.78. The van der Waals surface area contributed by atoms with Gasteiger partial charge in [-0.2, -0.15) is 0 Å². The van der Waals surface area contributed by atoms with Gasteiger partial charge in [0.15, 0.2) is 0 Å². The molecule has 0 fully saturated rings. The minimum Gasteiger partial charge on any atom is -1.00 e. The lowest BCUT2D eigenvalue weighted by Gasteiger charge is -2.32. The SMILES string of the molecule is C=C(C)COC(C)(O)C[N+](C)(C)C.[Cl-]. The maximum Gasteiger partial charge on any atom is 0.213 e. The van der Waals surface area contributed by atoms with E-state index in [0.717, 1.165) is 5.57 Å². The Balaban J connectivity index is 0. The Morgan fingerprint density at radius 1 is 1.43 bits per heavy atom. The molecule has 1 atom stereocenters. The molecule has 0 aromatic heterocycles. The van der Waals surface area contributed by atoms with Crippen LogP contribution in [0, 0.1) is 0 Å². The maximum absolute atomic E-state index is 9.82. The molecular formula is C10H22ClNO2. The molecule has 0 aliphatic carbocycles. The average molecular weight is 224 g/mol. The van der Waals surface area contributed by atoms with Gasteiger partial charge in [-0.15, -0.1) is 0 Å². The second kappa shape index (κ2) is 5.71. The van der Waals surface area contributed by atoms with Crippen molar-refractivity contribution in [1.82, 2.24) is 0 Å². The molecule has 1 N–H and O–H groups in total. The summed E-state index contributed by atoms with van der Waals surface area (Å²) in [4.78, 5) is 0. The molecule has 0 heterocycles. The zero-order valence-electron chi connectivity index (χ0n) is 9.80. The highest BCUT2D eigenvalue weighted by Crippen LogP contribution is 2.11. The van der Waals surface area contributed by atoms with Gasteiger partial charge < -0.3 is 26.7 Å². The van der Waals surface area contributed by atoms with Gasteiger partial charge >= 0.3 is 0 Å². The van der Waals surface area contributed by atoms with Gasteiger partial charge in [-0.05, 0) is 13.8 Å². The molecule has 0 saturated carbocycles. The Hall–Kier alpha value is -0.0900. The summed E-state index contributed by atoms with van der Waals surface area (Å²) >= 11 is 0. The molecule has 4 heteroatoms. The third-order valence-electron chi connectivity index (χ3n) is 1.40. The first-order valence-corrected chi connectivity index (χ1v) is 4.43. The van der Waals surface area contributed by atoms with E-state index in [9.17, 15) is 5.11 Å². The second-order valence-corrected chi connectivity index (χ2v) is 4.87. The van der Waals surface area contributed by atoms with Gasteiger partial charge in [-0.1, -0.05) is 12.2 Å². The molecule has 0 rings (SSSR count). The molecule has 0 bridgehead atoms. The summed E-state index contributed by atoms with van der Waals surface area (Å²) < 4.78 is 5.98. The number of nitrogens with zero attached hydrogens (tertiary/aromatic N) is 1. The van der Waals surface area contributed by atoms with E-state index in [2.05, 4.69) is 6.58 Å². The van der Waals surface area contributed by atoms with Crippen LogP contribution in [0.25, 0.3) is 0 Å². The Labute approximate surface area is 93.4 Å². The van der Waals surface area contributed by atoms with E-state index in [1.165, 1.54) is 0 Å². The van der Waals surface area contributed by atoms with Crippen molar-refractivity contribution in [2.45, 2.75) is 19.6 Å². The summed E-state index contributed by atoms with van der Waals surface area (Å²) in [6.07, 6.45) is 0. The van der Waals surface area contributed by atoms with Crippen molar-refractivity contribution < 1.29 is 26.7 Å². The fraction of sp³-hybridized carbons (Fsp3) is 0.800. The topological polar surface area (TPSA) is 29.5 Å². The Bertz CT molecular complexity index is 185. The maximum atomic E-state index is 9.82. The molecule has 0 aromatic rings. The van der Waals surface area contributed by atoms with Crippen LogP contribution in [0.5, 0.6) is 0 Å². The molecule has 0 radical (unpaired) electrons. The summed E-state index contributed by atoms with van der Waals surface area (Å²) in [6, 6.07) is 0. The molecule has 0 aliphatic heterocycles. The summed E-state index contributed by atoms with van der Waals surface area (Å²) in [5, 5.41) is 9.82. The number of halogens is 1. The Morgan fingerprint density at radius 2 is 1.86 bits per heavy atom. The van der Waals surface area contributed by atoms with Crippen LogP contribution in [0.2, 0.25) is 0 Å². The standard InChI is InChI=1S/C10H22NO2.ClH/c1-9(2)7-13-10(3,12)8-11(4,5)6;/h12H,1,7-8H2,2-6H3;1H/q+1;/p-1. The lowest BCUT2D eigenvalue weighted by atomic mass is 10.3.